The van der Waals surface area contributed by atoms with Crippen molar-refractivity contribution in [2.24, 2.45) is 0 Å². The topological polar surface area (TPSA) is 58.7 Å². The summed E-state index contributed by atoms with van der Waals surface area (Å²) in [5.41, 5.74) is 1.50. The Labute approximate surface area is 92.8 Å². The van der Waals surface area contributed by atoms with E-state index in [0.717, 1.165) is 5.56 Å². The van der Waals surface area contributed by atoms with Crippen molar-refractivity contribution in [2.75, 3.05) is 0 Å². The van der Waals surface area contributed by atoms with E-state index in [9.17, 15) is 4.79 Å². The van der Waals surface area contributed by atoms with Crippen molar-refractivity contribution >= 4 is 6.29 Å². The molecule has 4 heteroatoms. The van der Waals surface area contributed by atoms with Crippen LogP contribution in [0, 0.1) is 11.3 Å². The Bertz CT molecular complexity index is 551. The maximum Gasteiger partial charge on any atom is 0.185 e. The summed E-state index contributed by atoms with van der Waals surface area (Å²) in [7, 11) is 0. The van der Waals surface area contributed by atoms with Crippen molar-refractivity contribution in [1.82, 2.24) is 9.55 Å². The number of imidazole rings is 1. The highest BCUT2D eigenvalue weighted by molar-refractivity contribution is 5.69. The van der Waals surface area contributed by atoms with Crippen LogP contribution in [0.3, 0.4) is 0 Å². The number of hydrogen-bond donors (Lipinski definition) is 0. The fourth-order valence-electron chi connectivity index (χ4n) is 1.52. The SMILES string of the molecule is N#Cc1ccccc1Cn1ccnc1C=O. The van der Waals surface area contributed by atoms with E-state index in [1.54, 1.807) is 23.0 Å². The molecule has 0 spiro atoms. The van der Waals surface area contributed by atoms with Crippen LogP contribution in [0.4, 0.5) is 0 Å². The van der Waals surface area contributed by atoms with Crippen molar-refractivity contribution in [3.05, 3.63) is 53.6 Å². The van der Waals surface area contributed by atoms with Crippen LogP contribution in [0.25, 0.3) is 0 Å². The minimum absolute atomic E-state index is 0.368. The van der Waals surface area contributed by atoms with Gasteiger partial charge in [0.25, 0.3) is 0 Å². The van der Waals surface area contributed by atoms with E-state index in [4.69, 9.17) is 5.26 Å². The molecule has 0 fully saturated rings. The first kappa shape index (κ1) is 10.1. The van der Waals surface area contributed by atoms with Gasteiger partial charge in [0.1, 0.15) is 0 Å². The maximum absolute atomic E-state index is 10.7. The second kappa shape index (κ2) is 4.41. The molecule has 0 aliphatic rings. The zero-order valence-corrected chi connectivity index (χ0v) is 8.50. The van der Waals surface area contributed by atoms with Crippen molar-refractivity contribution in [2.45, 2.75) is 6.54 Å². The molecule has 0 aliphatic heterocycles. The Kier molecular flexibility index (Phi) is 2.79. The highest BCUT2D eigenvalue weighted by atomic mass is 16.1. The Hall–Kier alpha value is -2.41. The van der Waals surface area contributed by atoms with E-state index in [1.807, 2.05) is 18.2 Å². The van der Waals surface area contributed by atoms with Crippen LogP contribution in [0.15, 0.2) is 36.7 Å². The molecular weight excluding hydrogens is 202 g/mol. The number of nitriles is 1. The van der Waals surface area contributed by atoms with E-state index in [0.29, 0.717) is 24.2 Å². The average Bonchev–Trinajstić information content (AvgIpc) is 2.77. The van der Waals surface area contributed by atoms with Gasteiger partial charge >= 0.3 is 0 Å². The predicted octanol–water partition coefficient (Wildman–Crippen LogP) is 1.62. The molecule has 1 aromatic carbocycles. The lowest BCUT2D eigenvalue weighted by molar-refractivity contribution is 0.111. The third kappa shape index (κ3) is 1.84. The summed E-state index contributed by atoms with van der Waals surface area (Å²) in [5, 5.41) is 8.93. The Morgan fingerprint density at radius 2 is 2.25 bits per heavy atom. The van der Waals surface area contributed by atoms with Gasteiger partial charge in [-0.15, -0.1) is 0 Å². The van der Waals surface area contributed by atoms with Gasteiger partial charge in [-0.25, -0.2) is 4.98 Å². The summed E-state index contributed by atoms with van der Waals surface area (Å²) in [6, 6.07) is 9.43. The molecule has 0 radical (unpaired) electrons. The van der Waals surface area contributed by atoms with E-state index < -0.39 is 0 Å². The van der Waals surface area contributed by atoms with Gasteiger partial charge in [-0.1, -0.05) is 18.2 Å². The quantitative estimate of drug-likeness (QED) is 0.725. The first-order chi connectivity index (χ1) is 7.85. The van der Waals surface area contributed by atoms with Crippen LogP contribution in [0.1, 0.15) is 21.7 Å². The smallest absolute Gasteiger partial charge is 0.185 e. The van der Waals surface area contributed by atoms with Crippen molar-refractivity contribution in [1.29, 1.82) is 5.26 Å². The molecule has 2 rings (SSSR count). The van der Waals surface area contributed by atoms with Crippen LogP contribution >= 0.6 is 0 Å². The van der Waals surface area contributed by atoms with Crippen molar-refractivity contribution < 1.29 is 4.79 Å². The third-order valence-corrected chi connectivity index (χ3v) is 2.33. The molecule has 2 aromatic rings. The van der Waals surface area contributed by atoms with Gasteiger partial charge in [-0.3, -0.25) is 4.79 Å². The molecule has 78 valence electrons. The minimum atomic E-state index is 0.368. The number of carbonyl (C=O) groups is 1. The van der Waals surface area contributed by atoms with Crippen LogP contribution in [0.5, 0.6) is 0 Å². The molecule has 0 saturated heterocycles. The van der Waals surface area contributed by atoms with E-state index in [2.05, 4.69) is 11.1 Å². The molecule has 1 heterocycles. The molecule has 0 bridgehead atoms. The molecule has 4 nitrogen and oxygen atoms in total. The van der Waals surface area contributed by atoms with Gasteiger partial charge in [0, 0.05) is 12.4 Å². The standard InChI is InChI=1S/C12H9N3O/c13-7-10-3-1-2-4-11(10)8-15-6-5-14-12(15)9-16/h1-6,9H,8H2. The largest absolute Gasteiger partial charge is 0.324 e. The number of hydrogen-bond acceptors (Lipinski definition) is 3. The lowest BCUT2D eigenvalue weighted by Crippen LogP contribution is -2.04. The zero-order valence-electron chi connectivity index (χ0n) is 8.50. The molecule has 0 saturated carbocycles. The van der Waals surface area contributed by atoms with Gasteiger partial charge in [0.15, 0.2) is 12.1 Å². The van der Waals surface area contributed by atoms with Gasteiger partial charge in [0.05, 0.1) is 18.2 Å². The fraction of sp³-hybridized carbons (Fsp3) is 0.0833. The Balaban J connectivity index is 2.34. The highest BCUT2D eigenvalue weighted by Gasteiger charge is 2.05. The average molecular weight is 211 g/mol. The lowest BCUT2D eigenvalue weighted by Gasteiger charge is -2.05. The van der Waals surface area contributed by atoms with Gasteiger partial charge in [-0.05, 0) is 11.6 Å². The maximum atomic E-state index is 10.7. The number of rotatable bonds is 3. The molecule has 0 atom stereocenters. The Morgan fingerprint density at radius 1 is 1.44 bits per heavy atom. The van der Waals surface area contributed by atoms with Crippen LogP contribution in [0.2, 0.25) is 0 Å². The second-order valence-electron chi connectivity index (χ2n) is 3.30. The van der Waals surface area contributed by atoms with Gasteiger partial charge in [0.2, 0.25) is 0 Å². The van der Waals surface area contributed by atoms with E-state index >= 15 is 0 Å². The lowest BCUT2D eigenvalue weighted by atomic mass is 10.1. The van der Waals surface area contributed by atoms with Crippen LogP contribution in [-0.2, 0) is 6.54 Å². The number of carbonyl (C=O) groups excluding carboxylic acids is 1. The molecule has 1 aromatic heterocycles. The number of aromatic nitrogens is 2. The Morgan fingerprint density at radius 3 is 3.00 bits per heavy atom. The summed E-state index contributed by atoms with van der Waals surface area (Å²) in [5.74, 6) is 0.368. The fourth-order valence-corrected chi connectivity index (χ4v) is 1.52. The minimum Gasteiger partial charge on any atom is -0.324 e. The summed E-state index contributed by atoms with van der Waals surface area (Å²) in [4.78, 5) is 14.6. The summed E-state index contributed by atoms with van der Waals surface area (Å²) in [6.45, 7) is 0.484. The number of benzene rings is 1. The molecule has 0 aliphatic carbocycles. The molecule has 0 N–H and O–H groups in total. The van der Waals surface area contributed by atoms with Gasteiger partial charge in [-0.2, -0.15) is 5.26 Å². The first-order valence-electron chi connectivity index (χ1n) is 4.79. The normalized spacial score (nSPS) is 9.69. The van der Waals surface area contributed by atoms with Crippen LogP contribution in [-0.4, -0.2) is 15.8 Å². The monoisotopic (exact) mass is 211 g/mol. The number of aldehydes is 1. The summed E-state index contributed by atoms with van der Waals surface area (Å²) in [6.07, 6.45) is 3.99. The molecule has 16 heavy (non-hydrogen) atoms. The molecule has 0 unspecified atom stereocenters. The second-order valence-corrected chi connectivity index (χ2v) is 3.30. The predicted molar refractivity (Wildman–Crippen MR) is 57.9 cm³/mol. The first-order valence-corrected chi connectivity index (χ1v) is 4.79. The molecular formula is C12H9N3O. The third-order valence-electron chi connectivity index (χ3n) is 2.33. The van der Waals surface area contributed by atoms with Crippen LogP contribution < -0.4 is 0 Å². The van der Waals surface area contributed by atoms with E-state index in [1.165, 1.54) is 0 Å². The highest BCUT2D eigenvalue weighted by Crippen LogP contribution is 2.10. The number of nitrogens with zero attached hydrogens (tertiary/aromatic N) is 3. The summed E-state index contributed by atoms with van der Waals surface area (Å²) >= 11 is 0. The van der Waals surface area contributed by atoms with E-state index in [-0.39, 0.29) is 0 Å². The van der Waals surface area contributed by atoms with Crippen molar-refractivity contribution in [3.63, 3.8) is 0 Å². The molecule has 0 amide bonds. The summed E-state index contributed by atoms with van der Waals surface area (Å²) < 4.78 is 1.71. The van der Waals surface area contributed by atoms with Gasteiger partial charge < -0.3 is 4.57 Å². The zero-order chi connectivity index (χ0) is 11.4. The van der Waals surface area contributed by atoms with Crippen molar-refractivity contribution in [3.8, 4) is 6.07 Å².